The van der Waals surface area contributed by atoms with Crippen LogP contribution in [-0.4, -0.2) is 30.1 Å². The number of nitrogens with one attached hydrogen (secondary N) is 1. The summed E-state index contributed by atoms with van der Waals surface area (Å²) in [6.45, 7) is 13.5. The van der Waals surface area contributed by atoms with Gasteiger partial charge in [-0.05, 0) is 40.2 Å². The SMILES string of the molecule is Cc1cc(C)cc(C(C)N2CC(C)NC(C)C2)c1. The highest BCUT2D eigenvalue weighted by atomic mass is 15.2. The van der Waals surface area contributed by atoms with Gasteiger partial charge in [-0.1, -0.05) is 29.3 Å². The molecular formula is C16H26N2. The van der Waals surface area contributed by atoms with E-state index in [2.05, 4.69) is 63.0 Å². The van der Waals surface area contributed by atoms with Crippen molar-refractivity contribution in [1.29, 1.82) is 0 Å². The van der Waals surface area contributed by atoms with Crippen molar-refractivity contribution >= 4 is 0 Å². The van der Waals surface area contributed by atoms with Crippen LogP contribution < -0.4 is 5.32 Å². The van der Waals surface area contributed by atoms with Crippen LogP contribution in [0, 0.1) is 13.8 Å². The molecule has 0 amide bonds. The van der Waals surface area contributed by atoms with Gasteiger partial charge in [0.2, 0.25) is 0 Å². The first-order valence-electron chi connectivity index (χ1n) is 7.04. The number of hydrogen-bond acceptors (Lipinski definition) is 2. The Kier molecular flexibility index (Phi) is 4.08. The second-order valence-corrected chi connectivity index (χ2v) is 6.02. The summed E-state index contributed by atoms with van der Waals surface area (Å²) >= 11 is 0. The molecule has 0 saturated carbocycles. The fourth-order valence-electron chi connectivity index (χ4n) is 3.15. The molecule has 3 unspecified atom stereocenters. The van der Waals surface area contributed by atoms with Crippen LogP contribution in [0.15, 0.2) is 18.2 Å². The van der Waals surface area contributed by atoms with Gasteiger partial charge in [0.25, 0.3) is 0 Å². The van der Waals surface area contributed by atoms with Crippen LogP contribution in [0.5, 0.6) is 0 Å². The lowest BCUT2D eigenvalue weighted by Gasteiger charge is -2.40. The van der Waals surface area contributed by atoms with Gasteiger partial charge >= 0.3 is 0 Å². The summed E-state index contributed by atoms with van der Waals surface area (Å²) in [5, 5.41) is 3.60. The summed E-state index contributed by atoms with van der Waals surface area (Å²) in [4.78, 5) is 2.60. The summed E-state index contributed by atoms with van der Waals surface area (Å²) in [6.07, 6.45) is 0. The predicted molar refractivity (Wildman–Crippen MR) is 78.0 cm³/mol. The number of hydrogen-bond donors (Lipinski definition) is 1. The minimum absolute atomic E-state index is 0.510. The van der Waals surface area contributed by atoms with E-state index in [1.54, 1.807) is 0 Å². The topological polar surface area (TPSA) is 15.3 Å². The van der Waals surface area contributed by atoms with Crippen LogP contribution in [0.25, 0.3) is 0 Å². The largest absolute Gasteiger partial charge is 0.309 e. The van der Waals surface area contributed by atoms with E-state index < -0.39 is 0 Å². The Hall–Kier alpha value is -0.860. The van der Waals surface area contributed by atoms with Gasteiger partial charge in [-0.3, -0.25) is 4.90 Å². The molecule has 3 atom stereocenters. The summed E-state index contributed by atoms with van der Waals surface area (Å²) < 4.78 is 0. The number of rotatable bonds is 2. The molecule has 18 heavy (non-hydrogen) atoms. The fraction of sp³-hybridized carbons (Fsp3) is 0.625. The van der Waals surface area contributed by atoms with Crippen LogP contribution in [0.2, 0.25) is 0 Å². The zero-order valence-corrected chi connectivity index (χ0v) is 12.3. The maximum Gasteiger partial charge on any atom is 0.0321 e. The van der Waals surface area contributed by atoms with Crippen molar-refractivity contribution in [2.24, 2.45) is 0 Å². The molecule has 2 rings (SSSR count). The van der Waals surface area contributed by atoms with Gasteiger partial charge in [0.05, 0.1) is 0 Å². The molecule has 0 bridgehead atoms. The zero-order chi connectivity index (χ0) is 13.3. The Morgan fingerprint density at radius 3 is 2.06 bits per heavy atom. The second kappa shape index (κ2) is 5.41. The van der Waals surface area contributed by atoms with Gasteiger partial charge in [0.15, 0.2) is 0 Å². The molecular weight excluding hydrogens is 220 g/mol. The van der Waals surface area contributed by atoms with E-state index in [1.807, 2.05) is 0 Å². The monoisotopic (exact) mass is 246 g/mol. The Labute approximate surface area is 111 Å². The Morgan fingerprint density at radius 2 is 1.56 bits per heavy atom. The predicted octanol–water partition coefficient (Wildman–Crippen LogP) is 3.05. The summed E-state index contributed by atoms with van der Waals surface area (Å²) in [7, 11) is 0. The number of piperazine rings is 1. The molecule has 2 nitrogen and oxygen atoms in total. The average Bonchev–Trinajstić information content (AvgIpc) is 2.25. The van der Waals surface area contributed by atoms with Crippen LogP contribution >= 0.6 is 0 Å². The zero-order valence-electron chi connectivity index (χ0n) is 12.3. The van der Waals surface area contributed by atoms with E-state index in [-0.39, 0.29) is 0 Å². The Bertz CT molecular complexity index is 383. The molecule has 1 heterocycles. The van der Waals surface area contributed by atoms with Crippen molar-refractivity contribution in [2.75, 3.05) is 13.1 Å². The van der Waals surface area contributed by atoms with Gasteiger partial charge in [-0.25, -0.2) is 0 Å². The van der Waals surface area contributed by atoms with Crippen molar-refractivity contribution in [1.82, 2.24) is 10.2 Å². The molecule has 0 spiro atoms. The minimum atomic E-state index is 0.510. The highest BCUT2D eigenvalue weighted by Crippen LogP contribution is 2.24. The fourth-order valence-corrected chi connectivity index (χ4v) is 3.15. The molecule has 1 saturated heterocycles. The Balaban J connectivity index is 2.17. The summed E-state index contributed by atoms with van der Waals surface area (Å²) in [5.41, 5.74) is 4.19. The van der Waals surface area contributed by atoms with Crippen molar-refractivity contribution in [2.45, 2.75) is 52.7 Å². The van der Waals surface area contributed by atoms with Crippen LogP contribution in [0.1, 0.15) is 43.5 Å². The average molecular weight is 246 g/mol. The molecule has 0 aromatic heterocycles. The van der Waals surface area contributed by atoms with Gasteiger partial charge in [-0.15, -0.1) is 0 Å². The van der Waals surface area contributed by atoms with Gasteiger partial charge in [-0.2, -0.15) is 0 Å². The first-order valence-corrected chi connectivity index (χ1v) is 7.04. The van der Waals surface area contributed by atoms with Crippen LogP contribution in [0.4, 0.5) is 0 Å². The molecule has 0 aliphatic carbocycles. The van der Waals surface area contributed by atoms with E-state index in [0.29, 0.717) is 18.1 Å². The molecule has 1 fully saturated rings. The third-order valence-corrected chi connectivity index (χ3v) is 3.86. The van der Waals surface area contributed by atoms with Crippen molar-refractivity contribution in [3.8, 4) is 0 Å². The van der Waals surface area contributed by atoms with Gasteiger partial charge in [0.1, 0.15) is 0 Å². The third-order valence-electron chi connectivity index (χ3n) is 3.86. The lowest BCUT2D eigenvalue weighted by Crippen LogP contribution is -2.54. The lowest BCUT2D eigenvalue weighted by atomic mass is 9.99. The lowest BCUT2D eigenvalue weighted by molar-refractivity contribution is 0.131. The Morgan fingerprint density at radius 1 is 1.06 bits per heavy atom. The first-order chi connectivity index (χ1) is 8.45. The van der Waals surface area contributed by atoms with Crippen molar-refractivity contribution < 1.29 is 0 Å². The smallest absolute Gasteiger partial charge is 0.0321 e. The minimum Gasteiger partial charge on any atom is -0.309 e. The second-order valence-electron chi connectivity index (χ2n) is 6.02. The maximum absolute atomic E-state index is 3.60. The first kappa shape index (κ1) is 13.6. The van der Waals surface area contributed by atoms with Crippen molar-refractivity contribution in [3.05, 3.63) is 34.9 Å². The maximum atomic E-state index is 3.60. The van der Waals surface area contributed by atoms with E-state index in [0.717, 1.165) is 13.1 Å². The molecule has 1 aromatic rings. The summed E-state index contributed by atoms with van der Waals surface area (Å²) in [6, 6.07) is 8.59. The van der Waals surface area contributed by atoms with Crippen LogP contribution in [0.3, 0.4) is 0 Å². The van der Waals surface area contributed by atoms with E-state index in [9.17, 15) is 0 Å². The van der Waals surface area contributed by atoms with Gasteiger partial charge in [0, 0.05) is 31.2 Å². The molecule has 100 valence electrons. The van der Waals surface area contributed by atoms with E-state index in [1.165, 1.54) is 16.7 Å². The number of nitrogens with zero attached hydrogens (tertiary/aromatic N) is 1. The standard InChI is InChI=1S/C16H26N2/c1-11-6-12(2)8-16(7-11)15(5)18-9-13(3)17-14(4)10-18/h6-8,13-15,17H,9-10H2,1-5H3. The van der Waals surface area contributed by atoms with E-state index in [4.69, 9.17) is 0 Å². The number of aryl methyl sites for hydroxylation is 2. The van der Waals surface area contributed by atoms with Gasteiger partial charge < -0.3 is 5.32 Å². The third kappa shape index (κ3) is 3.12. The summed E-state index contributed by atoms with van der Waals surface area (Å²) in [5.74, 6) is 0. The quantitative estimate of drug-likeness (QED) is 0.863. The molecule has 2 heteroatoms. The van der Waals surface area contributed by atoms with Crippen molar-refractivity contribution in [3.63, 3.8) is 0 Å². The van der Waals surface area contributed by atoms with E-state index >= 15 is 0 Å². The number of benzene rings is 1. The highest BCUT2D eigenvalue weighted by molar-refractivity contribution is 5.30. The molecule has 1 aliphatic rings. The molecule has 1 aliphatic heterocycles. The van der Waals surface area contributed by atoms with Crippen LogP contribution in [-0.2, 0) is 0 Å². The molecule has 0 radical (unpaired) electrons. The highest BCUT2D eigenvalue weighted by Gasteiger charge is 2.25. The normalized spacial score (nSPS) is 27.2. The molecule has 1 N–H and O–H groups in total. The molecule has 1 aromatic carbocycles.